The number of allylic oxidation sites excluding steroid dienone is 3. The topological polar surface area (TPSA) is 55.0 Å². The normalized spacial score (nSPS) is 17.8. The van der Waals surface area contributed by atoms with Crippen LogP contribution in [0, 0.1) is 11.3 Å². The van der Waals surface area contributed by atoms with Crippen LogP contribution in [0.3, 0.4) is 0 Å². The van der Waals surface area contributed by atoms with E-state index in [0.717, 1.165) is 23.7 Å². The number of ether oxygens (including phenoxy) is 1. The fourth-order valence-electron chi connectivity index (χ4n) is 2.94. The minimum absolute atomic E-state index is 0.295. The molecule has 126 valence electrons. The molecule has 1 atom stereocenters. The molecule has 4 heteroatoms. The van der Waals surface area contributed by atoms with E-state index < -0.39 is 0 Å². The maximum absolute atomic E-state index is 11.6. The van der Waals surface area contributed by atoms with Crippen LogP contribution in [0.1, 0.15) is 33.6 Å². The summed E-state index contributed by atoms with van der Waals surface area (Å²) in [5.74, 6) is 0.989. The molecule has 4 nitrogen and oxygen atoms in total. The van der Waals surface area contributed by atoms with Gasteiger partial charge in [0.15, 0.2) is 0 Å². The molecule has 0 radical (unpaired) electrons. The van der Waals surface area contributed by atoms with Gasteiger partial charge in [-0.25, -0.2) is 4.79 Å². The van der Waals surface area contributed by atoms with E-state index in [2.05, 4.69) is 49.0 Å². The predicted molar refractivity (Wildman–Crippen MR) is 97.3 cm³/mol. The summed E-state index contributed by atoms with van der Waals surface area (Å²) < 4.78 is 5.79. The molecule has 1 unspecified atom stereocenters. The molecule has 3 rings (SSSR count). The quantitative estimate of drug-likeness (QED) is 0.915. The molecule has 0 amide bonds. The van der Waals surface area contributed by atoms with Crippen molar-refractivity contribution in [1.29, 1.82) is 0 Å². The van der Waals surface area contributed by atoms with Crippen molar-refractivity contribution in [2.75, 3.05) is 6.61 Å². The molecule has 1 heterocycles. The molecule has 0 aliphatic heterocycles. The van der Waals surface area contributed by atoms with Gasteiger partial charge in [0.05, 0.1) is 17.5 Å². The number of nitrogens with one attached hydrogen (secondary N) is 1. The van der Waals surface area contributed by atoms with Gasteiger partial charge in [-0.1, -0.05) is 51.1 Å². The van der Waals surface area contributed by atoms with Crippen molar-refractivity contribution in [2.24, 2.45) is 11.3 Å². The maximum atomic E-state index is 11.6. The van der Waals surface area contributed by atoms with E-state index in [1.54, 1.807) is 0 Å². The highest BCUT2D eigenvalue weighted by atomic mass is 16.5. The number of aromatic amines is 1. The van der Waals surface area contributed by atoms with Crippen LogP contribution in [0.25, 0.3) is 10.9 Å². The zero-order chi connectivity index (χ0) is 17.2. The van der Waals surface area contributed by atoms with Crippen molar-refractivity contribution in [2.45, 2.75) is 33.6 Å². The molecule has 1 aliphatic carbocycles. The summed E-state index contributed by atoms with van der Waals surface area (Å²) >= 11 is 0. The SMILES string of the molecule is CC(C)(C)C1C=CC(CCOc2nc(=O)[nH]c3ccccc23)=CC1. The Morgan fingerprint density at radius 2 is 2.08 bits per heavy atom. The van der Waals surface area contributed by atoms with Crippen molar-refractivity contribution in [3.63, 3.8) is 0 Å². The maximum Gasteiger partial charge on any atom is 0.348 e. The minimum atomic E-state index is -0.381. The summed E-state index contributed by atoms with van der Waals surface area (Å²) in [4.78, 5) is 18.3. The van der Waals surface area contributed by atoms with E-state index in [1.165, 1.54) is 5.57 Å². The van der Waals surface area contributed by atoms with Crippen LogP contribution in [0.2, 0.25) is 0 Å². The zero-order valence-corrected chi connectivity index (χ0v) is 14.5. The van der Waals surface area contributed by atoms with Gasteiger partial charge in [-0.3, -0.25) is 0 Å². The summed E-state index contributed by atoms with van der Waals surface area (Å²) in [7, 11) is 0. The lowest BCUT2D eigenvalue weighted by Crippen LogP contribution is -2.19. The number of hydrogen-bond donors (Lipinski definition) is 1. The Bertz CT molecular complexity index is 841. The highest BCUT2D eigenvalue weighted by molar-refractivity contribution is 5.82. The van der Waals surface area contributed by atoms with Gasteiger partial charge in [-0.2, -0.15) is 4.98 Å². The van der Waals surface area contributed by atoms with Gasteiger partial charge in [0.2, 0.25) is 5.88 Å². The smallest absolute Gasteiger partial charge is 0.348 e. The summed E-state index contributed by atoms with van der Waals surface area (Å²) in [6, 6.07) is 7.55. The number of benzene rings is 1. The number of rotatable bonds is 4. The molecule has 1 aliphatic rings. The summed E-state index contributed by atoms with van der Waals surface area (Å²) in [5, 5.41) is 0.832. The molecule has 0 fully saturated rings. The van der Waals surface area contributed by atoms with Crippen molar-refractivity contribution in [1.82, 2.24) is 9.97 Å². The highest BCUT2D eigenvalue weighted by Gasteiger charge is 2.22. The highest BCUT2D eigenvalue weighted by Crippen LogP contribution is 2.33. The van der Waals surface area contributed by atoms with Crippen molar-refractivity contribution < 1.29 is 4.74 Å². The van der Waals surface area contributed by atoms with Gasteiger partial charge >= 0.3 is 5.69 Å². The second-order valence-electron chi connectivity index (χ2n) is 7.34. The lowest BCUT2D eigenvalue weighted by atomic mass is 9.76. The largest absolute Gasteiger partial charge is 0.477 e. The van der Waals surface area contributed by atoms with Gasteiger partial charge in [0.1, 0.15) is 0 Å². The second kappa shape index (κ2) is 6.63. The molecular formula is C20H24N2O2. The number of aromatic nitrogens is 2. The first-order chi connectivity index (χ1) is 11.4. The van der Waals surface area contributed by atoms with Gasteiger partial charge in [-0.05, 0) is 35.5 Å². The molecule has 1 aromatic heterocycles. The third-order valence-corrected chi connectivity index (χ3v) is 4.52. The van der Waals surface area contributed by atoms with E-state index in [4.69, 9.17) is 4.74 Å². The van der Waals surface area contributed by atoms with Crippen molar-refractivity contribution in [3.05, 3.63) is 58.6 Å². The lowest BCUT2D eigenvalue weighted by Gasteiger charge is -2.29. The molecule has 0 bridgehead atoms. The standard InChI is InChI=1S/C20H24N2O2/c1-20(2,3)15-10-8-14(9-11-15)12-13-24-18-16-6-4-5-7-17(16)21-19(23)22-18/h4-10,15H,11-13H2,1-3H3,(H,21,22,23). The monoisotopic (exact) mass is 324 g/mol. The van der Waals surface area contributed by atoms with Crippen LogP contribution in [-0.2, 0) is 0 Å². The molecule has 2 aromatic rings. The molecule has 24 heavy (non-hydrogen) atoms. The Hall–Kier alpha value is -2.36. The third kappa shape index (κ3) is 3.75. The average Bonchev–Trinajstić information content (AvgIpc) is 2.54. The first kappa shape index (κ1) is 16.5. The number of hydrogen-bond acceptors (Lipinski definition) is 3. The van der Waals surface area contributed by atoms with Gasteiger partial charge < -0.3 is 9.72 Å². The minimum Gasteiger partial charge on any atom is -0.477 e. The van der Waals surface area contributed by atoms with Crippen LogP contribution in [-0.4, -0.2) is 16.6 Å². The van der Waals surface area contributed by atoms with E-state index in [1.807, 2.05) is 24.3 Å². The van der Waals surface area contributed by atoms with E-state index in [-0.39, 0.29) is 5.69 Å². The van der Waals surface area contributed by atoms with Crippen LogP contribution in [0.15, 0.2) is 52.9 Å². The number of para-hydroxylation sites is 1. The van der Waals surface area contributed by atoms with Crippen molar-refractivity contribution >= 4 is 10.9 Å². The Morgan fingerprint density at radius 3 is 2.79 bits per heavy atom. The van der Waals surface area contributed by atoms with E-state index in [0.29, 0.717) is 23.8 Å². The van der Waals surface area contributed by atoms with Crippen LogP contribution >= 0.6 is 0 Å². The van der Waals surface area contributed by atoms with Crippen LogP contribution in [0.4, 0.5) is 0 Å². The lowest BCUT2D eigenvalue weighted by molar-refractivity contribution is 0.290. The predicted octanol–water partition coefficient (Wildman–Crippen LogP) is 4.24. The number of fused-ring (bicyclic) bond motifs is 1. The molecule has 1 N–H and O–H groups in total. The van der Waals surface area contributed by atoms with Gasteiger partial charge in [-0.15, -0.1) is 0 Å². The van der Waals surface area contributed by atoms with Crippen LogP contribution in [0.5, 0.6) is 5.88 Å². The Balaban J connectivity index is 1.63. The first-order valence-corrected chi connectivity index (χ1v) is 8.42. The van der Waals surface area contributed by atoms with Gasteiger partial charge in [0, 0.05) is 6.42 Å². The Morgan fingerprint density at radius 1 is 1.29 bits per heavy atom. The molecule has 0 saturated heterocycles. The van der Waals surface area contributed by atoms with Crippen LogP contribution < -0.4 is 10.4 Å². The first-order valence-electron chi connectivity index (χ1n) is 8.42. The molecule has 0 spiro atoms. The molecular weight excluding hydrogens is 300 g/mol. The molecule has 0 saturated carbocycles. The fraction of sp³-hybridized carbons (Fsp3) is 0.400. The third-order valence-electron chi connectivity index (χ3n) is 4.52. The summed E-state index contributed by atoms with van der Waals surface area (Å²) in [6.07, 6.45) is 8.68. The van der Waals surface area contributed by atoms with E-state index >= 15 is 0 Å². The summed E-state index contributed by atoms with van der Waals surface area (Å²) in [5.41, 5.74) is 1.94. The Kier molecular flexibility index (Phi) is 4.56. The zero-order valence-electron chi connectivity index (χ0n) is 14.5. The molecule has 1 aromatic carbocycles. The fourth-order valence-corrected chi connectivity index (χ4v) is 2.94. The van der Waals surface area contributed by atoms with E-state index in [9.17, 15) is 4.79 Å². The average molecular weight is 324 g/mol. The van der Waals surface area contributed by atoms with Gasteiger partial charge in [0.25, 0.3) is 0 Å². The number of H-pyrrole nitrogens is 1. The van der Waals surface area contributed by atoms with Crippen molar-refractivity contribution in [3.8, 4) is 5.88 Å². The Labute approximate surface area is 142 Å². The summed E-state index contributed by atoms with van der Waals surface area (Å²) in [6.45, 7) is 7.33. The number of nitrogens with zero attached hydrogens (tertiary/aromatic N) is 1. The second-order valence-corrected chi connectivity index (χ2v) is 7.34.